The number of aliphatic hydroxyl groups is 1. The maximum absolute atomic E-state index is 12.2. The van der Waals surface area contributed by atoms with Crippen molar-refractivity contribution >= 4 is 40.9 Å². The van der Waals surface area contributed by atoms with E-state index in [0.717, 1.165) is 4.90 Å². The number of hydrogen-bond acceptors (Lipinski definition) is 3. The van der Waals surface area contributed by atoms with Crippen molar-refractivity contribution in [2.45, 2.75) is 24.0 Å². The molecule has 0 aromatic heterocycles. The molecule has 0 spiro atoms. The van der Waals surface area contributed by atoms with Crippen LogP contribution in [-0.2, 0) is 4.79 Å². The molecule has 19 heavy (non-hydrogen) atoms. The zero-order chi connectivity index (χ0) is 14.4. The predicted octanol–water partition coefficient (Wildman–Crippen LogP) is 3.31. The maximum Gasteiger partial charge on any atom is 0.235 e. The van der Waals surface area contributed by atoms with Gasteiger partial charge in [-0.25, -0.2) is 0 Å². The molecular weight excluding hydrogens is 305 g/mol. The van der Waals surface area contributed by atoms with Crippen LogP contribution in [0.4, 0.5) is 0 Å². The van der Waals surface area contributed by atoms with Gasteiger partial charge in [-0.05, 0) is 32.0 Å². The number of carbonyl (C=O) groups excluding carboxylic acids is 1. The lowest BCUT2D eigenvalue weighted by atomic mass is 10.3. The Kier molecular flexibility index (Phi) is 7.00. The van der Waals surface area contributed by atoms with Crippen molar-refractivity contribution in [2.24, 2.45) is 0 Å². The van der Waals surface area contributed by atoms with Gasteiger partial charge < -0.3 is 10.0 Å². The Morgan fingerprint density at radius 1 is 1.47 bits per heavy atom. The Morgan fingerprint density at radius 3 is 2.74 bits per heavy atom. The van der Waals surface area contributed by atoms with Gasteiger partial charge >= 0.3 is 0 Å². The van der Waals surface area contributed by atoms with Crippen LogP contribution in [0.2, 0.25) is 10.0 Å². The quantitative estimate of drug-likeness (QED) is 0.817. The van der Waals surface area contributed by atoms with Crippen LogP contribution in [0.25, 0.3) is 0 Å². The van der Waals surface area contributed by atoms with Gasteiger partial charge in [0.05, 0.1) is 16.9 Å². The van der Waals surface area contributed by atoms with E-state index in [1.54, 1.807) is 23.1 Å². The normalized spacial score (nSPS) is 12.3. The first-order valence-corrected chi connectivity index (χ1v) is 7.64. The highest BCUT2D eigenvalue weighted by Crippen LogP contribution is 2.33. The third-order valence-electron chi connectivity index (χ3n) is 2.61. The number of thioether (sulfide) groups is 1. The molecular formula is C13H17Cl2NO2S. The van der Waals surface area contributed by atoms with E-state index in [4.69, 9.17) is 28.3 Å². The molecule has 0 bridgehead atoms. The minimum absolute atomic E-state index is 0.0161. The van der Waals surface area contributed by atoms with Crippen LogP contribution in [0.5, 0.6) is 0 Å². The maximum atomic E-state index is 12.2. The Hall–Kier alpha value is -0.420. The Bertz CT molecular complexity index is 443. The van der Waals surface area contributed by atoms with Crippen molar-refractivity contribution in [2.75, 3.05) is 19.7 Å². The lowest BCUT2D eigenvalue weighted by molar-refractivity contribution is -0.130. The summed E-state index contributed by atoms with van der Waals surface area (Å²) in [6.45, 7) is 4.60. The molecule has 1 atom stereocenters. The number of benzene rings is 1. The SMILES string of the molecule is CCN(CCO)C(=O)C(C)Sc1cc(Cl)ccc1Cl. The van der Waals surface area contributed by atoms with Gasteiger partial charge in [0.2, 0.25) is 5.91 Å². The Morgan fingerprint density at radius 2 is 2.16 bits per heavy atom. The fourth-order valence-corrected chi connectivity index (χ4v) is 3.10. The van der Waals surface area contributed by atoms with Crippen LogP contribution in [0, 0.1) is 0 Å². The van der Waals surface area contributed by atoms with Crippen molar-refractivity contribution in [1.29, 1.82) is 0 Å². The van der Waals surface area contributed by atoms with Crippen LogP contribution in [0.15, 0.2) is 23.1 Å². The van der Waals surface area contributed by atoms with Crippen molar-refractivity contribution in [1.82, 2.24) is 4.90 Å². The second-order valence-electron chi connectivity index (χ2n) is 3.98. The zero-order valence-corrected chi connectivity index (χ0v) is 13.2. The third-order valence-corrected chi connectivity index (χ3v) is 4.43. The molecule has 0 aliphatic rings. The van der Waals surface area contributed by atoms with Crippen LogP contribution in [0.1, 0.15) is 13.8 Å². The summed E-state index contributed by atoms with van der Waals surface area (Å²) in [5.74, 6) is -0.0161. The minimum atomic E-state index is -0.275. The molecule has 0 heterocycles. The summed E-state index contributed by atoms with van der Waals surface area (Å²) < 4.78 is 0. The van der Waals surface area contributed by atoms with E-state index in [2.05, 4.69) is 0 Å². The summed E-state index contributed by atoms with van der Waals surface area (Å²) in [7, 11) is 0. The van der Waals surface area contributed by atoms with Gasteiger partial charge in [0.1, 0.15) is 0 Å². The van der Waals surface area contributed by atoms with Gasteiger partial charge in [0.25, 0.3) is 0 Å². The standard InChI is InChI=1S/C13H17Cl2NO2S/c1-3-16(6-7-17)13(18)9(2)19-12-8-10(14)4-5-11(12)15/h4-5,8-9,17H,3,6-7H2,1-2H3. The van der Waals surface area contributed by atoms with Gasteiger partial charge in [0.15, 0.2) is 0 Å². The second-order valence-corrected chi connectivity index (χ2v) is 6.20. The van der Waals surface area contributed by atoms with E-state index in [0.29, 0.717) is 23.1 Å². The average Bonchev–Trinajstić information content (AvgIpc) is 2.39. The number of nitrogens with zero attached hydrogens (tertiary/aromatic N) is 1. The molecule has 0 saturated carbocycles. The van der Waals surface area contributed by atoms with Crippen molar-refractivity contribution in [3.05, 3.63) is 28.2 Å². The monoisotopic (exact) mass is 321 g/mol. The largest absolute Gasteiger partial charge is 0.395 e. The van der Waals surface area contributed by atoms with Crippen molar-refractivity contribution in [3.63, 3.8) is 0 Å². The fourth-order valence-electron chi connectivity index (χ4n) is 1.61. The summed E-state index contributed by atoms with van der Waals surface area (Å²) in [5.41, 5.74) is 0. The Balaban J connectivity index is 2.75. The smallest absolute Gasteiger partial charge is 0.235 e. The van der Waals surface area contributed by atoms with Crippen LogP contribution in [0.3, 0.4) is 0 Å². The van der Waals surface area contributed by atoms with E-state index in [9.17, 15) is 4.79 Å². The van der Waals surface area contributed by atoms with Crippen LogP contribution >= 0.6 is 35.0 Å². The van der Waals surface area contributed by atoms with Gasteiger partial charge in [-0.3, -0.25) is 4.79 Å². The molecule has 1 aromatic rings. The summed E-state index contributed by atoms with van der Waals surface area (Å²) in [6, 6.07) is 5.18. The molecule has 1 rings (SSSR count). The first-order valence-electron chi connectivity index (χ1n) is 6.01. The van der Waals surface area contributed by atoms with Gasteiger partial charge in [-0.15, -0.1) is 11.8 Å². The number of likely N-dealkylation sites (N-methyl/N-ethyl adjacent to an activating group) is 1. The molecule has 1 N–H and O–H groups in total. The lowest BCUT2D eigenvalue weighted by Gasteiger charge is -2.23. The highest BCUT2D eigenvalue weighted by molar-refractivity contribution is 8.00. The number of hydrogen-bond donors (Lipinski definition) is 1. The molecule has 0 aliphatic carbocycles. The first-order chi connectivity index (χ1) is 8.99. The van der Waals surface area contributed by atoms with Crippen LogP contribution in [-0.4, -0.2) is 40.9 Å². The lowest BCUT2D eigenvalue weighted by Crippen LogP contribution is -2.38. The fraction of sp³-hybridized carbons (Fsp3) is 0.462. The molecule has 0 radical (unpaired) electrons. The highest BCUT2D eigenvalue weighted by atomic mass is 35.5. The second kappa shape index (κ2) is 8.00. The molecule has 0 aliphatic heterocycles. The first kappa shape index (κ1) is 16.6. The van der Waals surface area contributed by atoms with E-state index >= 15 is 0 Å². The van der Waals surface area contributed by atoms with Crippen molar-refractivity contribution < 1.29 is 9.90 Å². The van der Waals surface area contributed by atoms with Crippen molar-refractivity contribution in [3.8, 4) is 0 Å². The molecule has 1 unspecified atom stereocenters. The molecule has 0 fully saturated rings. The van der Waals surface area contributed by atoms with E-state index in [1.807, 2.05) is 13.8 Å². The zero-order valence-electron chi connectivity index (χ0n) is 10.9. The highest BCUT2D eigenvalue weighted by Gasteiger charge is 2.20. The molecule has 106 valence electrons. The summed E-state index contributed by atoms with van der Waals surface area (Å²) in [6.07, 6.45) is 0. The molecule has 0 saturated heterocycles. The molecule has 1 amide bonds. The van der Waals surface area contributed by atoms with Gasteiger partial charge in [-0.2, -0.15) is 0 Å². The summed E-state index contributed by atoms with van der Waals surface area (Å²) in [4.78, 5) is 14.6. The Labute approximate surface area is 127 Å². The number of rotatable bonds is 6. The topological polar surface area (TPSA) is 40.5 Å². The number of halogens is 2. The minimum Gasteiger partial charge on any atom is -0.395 e. The number of carbonyl (C=O) groups is 1. The summed E-state index contributed by atoms with van der Waals surface area (Å²) in [5, 5.41) is 9.83. The predicted molar refractivity (Wildman–Crippen MR) is 81.1 cm³/mol. The van der Waals surface area contributed by atoms with Gasteiger partial charge in [0, 0.05) is 23.0 Å². The van der Waals surface area contributed by atoms with Crippen LogP contribution < -0.4 is 0 Å². The van der Waals surface area contributed by atoms with Gasteiger partial charge in [-0.1, -0.05) is 23.2 Å². The summed E-state index contributed by atoms with van der Waals surface area (Å²) >= 11 is 13.4. The molecule has 6 heteroatoms. The average molecular weight is 322 g/mol. The molecule has 3 nitrogen and oxygen atoms in total. The molecule has 1 aromatic carbocycles. The number of aliphatic hydroxyl groups excluding tert-OH is 1. The van der Waals surface area contributed by atoms with E-state index < -0.39 is 0 Å². The number of amides is 1. The van der Waals surface area contributed by atoms with E-state index in [1.165, 1.54) is 11.8 Å². The van der Waals surface area contributed by atoms with E-state index in [-0.39, 0.29) is 17.8 Å². The third kappa shape index (κ3) is 4.88.